The summed E-state index contributed by atoms with van der Waals surface area (Å²) in [5, 5.41) is 7.08. The molecule has 16 heavy (non-hydrogen) atoms. The lowest BCUT2D eigenvalue weighted by Gasteiger charge is -2.24. The number of anilines is 1. The predicted octanol–water partition coefficient (Wildman–Crippen LogP) is 2.15. The Morgan fingerprint density at radius 1 is 1.25 bits per heavy atom. The van der Waals surface area contributed by atoms with Gasteiger partial charge in [0.25, 0.3) is 0 Å². The molecule has 0 amide bonds. The van der Waals surface area contributed by atoms with Crippen molar-refractivity contribution >= 4 is 5.82 Å². The Kier molecular flexibility index (Phi) is 2.33. The number of hydrogen-bond donors (Lipinski definition) is 1. The summed E-state index contributed by atoms with van der Waals surface area (Å²) in [7, 11) is 0. The van der Waals surface area contributed by atoms with Crippen LogP contribution in [0.5, 0.6) is 0 Å². The number of H-pyrrole nitrogens is 1. The van der Waals surface area contributed by atoms with E-state index < -0.39 is 0 Å². The van der Waals surface area contributed by atoms with Crippen LogP contribution >= 0.6 is 0 Å². The van der Waals surface area contributed by atoms with Crippen molar-refractivity contribution in [3.8, 4) is 0 Å². The third-order valence-corrected chi connectivity index (χ3v) is 3.08. The van der Waals surface area contributed by atoms with Gasteiger partial charge >= 0.3 is 0 Å². The molecular weight excluding hydrogens is 200 g/mol. The van der Waals surface area contributed by atoms with Crippen LogP contribution in [-0.4, -0.2) is 21.7 Å². The van der Waals surface area contributed by atoms with Crippen molar-refractivity contribution in [3.63, 3.8) is 0 Å². The van der Waals surface area contributed by atoms with Gasteiger partial charge in [-0.1, -0.05) is 6.07 Å². The Labute approximate surface area is 94.3 Å². The highest BCUT2D eigenvalue weighted by atomic mass is 15.3. The van der Waals surface area contributed by atoms with Crippen LogP contribution in [0.2, 0.25) is 0 Å². The monoisotopic (exact) mass is 214 g/mol. The fourth-order valence-electron chi connectivity index (χ4n) is 2.34. The smallest absolute Gasteiger partial charge is 0.129 e. The highest BCUT2D eigenvalue weighted by molar-refractivity contribution is 5.42. The lowest BCUT2D eigenvalue weighted by Crippen LogP contribution is -2.23. The van der Waals surface area contributed by atoms with Crippen LogP contribution in [0, 0.1) is 0 Å². The van der Waals surface area contributed by atoms with Crippen LogP contribution in [0.25, 0.3) is 0 Å². The first-order chi connectivity index (χ1) is 7.95. The van der Waals surface area contributed by atoms with Crippen molar-refractivity contribution < 1.29 is 0 Å². The molecule has 3 rings (SSSR count). The fourth-order valence-corrected chi connectivity index (χ4v) is 2.34. The van der Waals surface area contributed by atoms with Crippen molar-refractivity contribution in [2.45, 2.75) is 18.9 Å². The summed E-state index contributed by atoms with van der Waals surface area (Å²) < 4.78 is 0. The summed E-state index contributed by atoms with van der Waals surface area (Å²) in [6.45, 7) is 1.07. The largest absolute Gasteiger partial charge is 0.348 e. The molecule has 1 aliphatic rings. The van der Waals surface area contributed by atoms with Crippen LogP contribution in [0.15, 0.2) is 36.7 Å². The molecule has 0 bridgehead atoms. The predicted molar refractivity (Wildman–Crippen MR) is 62.1 cm³/mol. The molecule has 1 atom stereocenters. The summed E-state index contributed by atoms with van der Waals surface area (Å²) in [5.41, 5.74) is 1.18. The quantitative estimate of drug-likeness (QED) is 0.833. The van der Waals surface area contributed by atoms with Crippen molar-refractivity contribution in [2.75, 3.05) is 11.4 Å². The van der Waals surface area contributed by atoms with Crippen LogP contribution in [0.3, 0.4) is 0 Å². The van der Waals surface area contributed by atoms with E-state index in [0.29, 0.717) is 6.04 Å². The van der Waals surface area contributed by atoms with E-state index in [9.17, 15) is 0 Å². The molecule has 2 aromatic heterocycles. The van der Waals surface area contributed by atoms with Gasteiger partial charge in [-0.3, -0.25) is 5.10 Å². The molecule has 1 unspecified atom stereocenters. The van der Waals surface area contributed by atoms with Crippen LogP contribution < -0.4 is 4.90 Å². The molecular formula is C12H14N4. The molecule has 0 spiro atoms. The van der Waals surface area contributed by atoms with E-state index in [1.165, 1.54) is 18.5 Å². The van der Waals surface area contributed by atoms with Crippen molar-refractivity contribution in [1.82, 2.24) is 15.2 Å². The number of aromatic nitrogens is 3. The van der Waals surface area contributed by atoms with Gasteiger partial charge < -0.3 is 4.90 Å². The Bertz CT molecular complexity index is 437. The Morgan fingerprint density at radius 3 is 3.00 bits per heavy atom. The Balaban J connectivity index is 1.90. The van der Waals surface area contributed by atoms with E-state index in [2.05, 4.69) is 26.1 Å². The molecule has 1 fully saturated rings. The summed E-state index contributed by atoms with van der Waals surface area (Å²) in [6, 6.07) is 8.49. The Hall–Kier alpha value is -1.84. The number of nitrogens with one attached hydrogen (secondary N) is 1. The van der Waals surface area contributed by atoms with E-state index in [-0.39, 0.29) is 0 Å². The van der Waals surface area contributed by atoms with Gasteiger partial charge in [-0.25, -0.2) is 4.98 Å². The van der Waals surface area contributed by atoms with Crippen LogP contribution in [0.4, 0.5) is 5.82 Å². The minimum atomic E-state index is 0.400. The molecule has 4 heteroatoms. The average Bonchev–Trinajstić information content (AvgIpc) is 3.01. The third-order valence-electron chi connectivity index (χ3n) is 3.08. The molecule has 1 N–H and O–H groups in total. The molecule has 1 aliphatic heterocycles. The first-order valence-electron chi connectivity index (χ1n) is 5.62. The third kappa shape index (κ3) is 1.56. The molecule has 3 heterocycles. The standard InChI is InChI=1S/C12H14N4/c1-2-7-13-12(5-1)16-9-3-4-11(16)10-6-8-14-15-10/h1-2,5-8,11H,3-4,9H2,(H,14,15). The van der Waals surface area contributed by atoms with Crippen molar-refractivity contribution in [3.05, 3.63) is 42.4 Å². The van der Waals surface area contributed by atoms with Gasteiger partial charge in [0.2, 0.25) is 0 Å². The fraction of sp³-hybridized carbons (Fsp3) is 0.333. The molecule has 0 aliphatic carbocycles. The SMILES string of the molecule is c1ccc(N2CCCC2c2ccn[nH]2)nc1. The Morgan fingerprint density at radius 2 is 2.25 bits per heavy atom. The van der Waals surface area contributed by atoms with Gasteiger partial charge in [-0.2, -0.15) is 5.10 Å². The lowest BCUT2D eigenvalue weighted by atomic mass is 10.1. The zero-order chi connectivity index (χ0) is 10.8. The second kappa shape index (κ2) is 3.96. The van der Waals surface area contributed by atoms with Gasteiger partial charge in [-0.15, -0.1) is 0 Å². The zero-order valence-electron chi connectivity index (χ0n) is 9.00. The average molecular weight is 214 g/mol. The maximum atomic E-state index is 4.41. The van der Waals surface area contributed by atoms with Crippen LogP contribution in [0.1, 0.15) is 24.6 Å². The summed E-state index contributed by atoms with van der Waals surface area (Å²) in [6.07, 6.45) is 6.03. The second-order valence-corrected chi connectivity index (χ2v) is 4.05. The molecule has 0 radical (unpaired) electrons. The lowest BCUT2D eigenvalue weighted by molar-refractivity contribution is 0.684. The second-order valence-electron chi connectivity index (χ2n) is 4.05. The van der Waals surface area contributed by atoms with E-state index in [1.807, 2.05) is 30.6 Å². The van der Waals surface area contributed by atoms with Crippen molar-refractivity contribution in [1.29, 1.82) is 0 Å². The van der Waals surface area contributed by atoms with E-state index in [1.54, 1.807) is 0 Å². The molecule has 0 aromatic carbocycles. The number of hydrogen-bond acceptors (Lipinski definition) is 3. The topological polar surface area (TPSA) is 44.8 Å². The maximum Gasteiger partial charge on any atom is 0.129 e. The van der Waals surface area contributed by atoms with E-state index >= 15 is 0 Å². The highest BCUT2D eigenvalue weighted by Crippen LogP contribution is 2.33. The first kappa shape index (κ1) is 9.39. The van der Waals surface area contributed by atoms with E-state index in [0.717, 1.165) is 12.4 Å². The van der Waals surface area contributed by atoms with Gasteiger partial charge in [0.1, 0.15) is 5.82 Å². The summed E-state index contributed by atoms with van der Waals surface area (Å²) in [4.78, 5) is 6.75. The highest BCUT2D eigenvalue weighted by Gasteiger charge is 2.27. The maximum absolute atomic E-state index is 4.41. The molecule has 2 aromatic rings. The molecule has 1 saturated heterocycles. The molecule has 82 valence electrons. The molecule has 4 nitrogen and oxygen atoms in total. The summed E-state index contributed by atoms with van der Waals surface area (Å²) >= 11 is 0. The minimum Gasteiger partial charge on any atom is -0.348 e. The number of rotatable bonds is 2. The van der Waals surface area contributed by atoms with Crippen molar-refractivity contribution in [2.24, 2.45) is 0 Å². The zero-order valence-corrected chi connectivity index (χ0v) is 9.00. The van der Waals surface area contributed by atoms with Gasteiger partial charge in [-0.05, 0) is 31.0 Å². The minimum absolute atomic E-state index is 0.400. The number of pyridine rings is 1. The first-order valence-corrected chi connectivity index (χ1v) is 5.62. The van der Waals surface area contributed by atoms with E-state index in [4.69, 9.17) is 0 Å². The molecule has 0 saturated carbocycles. The van der Waals surface area contributed by atoms with Crippen LogP contribution in [-0.2, 0) is 0 Å². The number of aromatic amines is 1. The van der Waals surface area contributed by atoms with Gasteiger partial charge in [0.05, 0.1) is 11.7 Å². The van der Waals surface area contributed by atoms with Gasteiger partial charge in [0, 0.05) is 18.9 Å². The summed E-state index contributed by atoms with van der Waals surface area (Å²) in [5.74, 6) is 1.06. The van der Waals surface area contributed by atoms with Gasteiger partial charge in [0.15, 0.2) is 0 Å². The number of nitrogens with zero attached hydrogens (tertiary/aromatic N) is 3. The normalized spacial score (nSPS) is 20.2.